The van der Waals surface area contributed by atoms with Crippen molar-refractivity contribution in [2.24, 2.45) is 0 Å². The van der Waals surface area contributed by atoms with Gasteiger partial charge in [-0.25, -0.2) is 13.1 Å². The van der Waals surface area contributed by atoms with Gasteiger partial charge in [-0.05, 0) is 67.6 Å². The predicted molar refractivity (Wildman–Crippen MR) is 152 cm³/mol. The van der Waals surface area contributed by atoms with Crippen LogP contribution in [0.2, 0.25) is 0 Å². The molecule has 0 spiro atoms. The number of nitrogens with zero attached hydrogens (tertiary/aromatic N) is 2. The first-order valence-electron chi connectivity index (χ1n) is 13.0. The summed E-state index contributed by atoms with van der Waals surface area (Å²) in [5.74, 6) is 4.91. The molecule has 12 heteroatoms. The van der Waals surface area contributed by atoms with Crippen molar-refractivity contribution < 1.29 is 35.9 Å². The lowest BCUT2D eigenvalue weighted by Crippen LogP contribution is -2.48. The van der Waals surface area contributed by atoms with Crippen LogP contribution in [-0.4, -0.2) is 64.2 Å². The molecule has 1 heterocycles. The van der Waals surface area contributed by atoms with E-state index in [0.29, 0.717) is 31.0 Å². The van der Waals surface area contributed by atoms with Crippen LogP contribution in [0.4, 0.5) is 18.9 Å². The van der Waals surface area contributed by atoms with Gasteiger partial charge in [0, 0.05) is 54.1 Å². The van der Waals surface area contributed by atoms with Crippen molar-refractivity contribution in [2.45, 2.75) is 13.1 Å². The van der Waals surface area contributed by atoms with Crippen LogP contribution in [0.1, 0.15) is 44.3 Å². The molecule has 1 aliphatic rings. The van der Waals surface area contributed by atoms with Gasteiger partial charge in [0.25, 0.3) is 11.8 Å². The minimum Gasteiger partial charge on any atom is -0.494 e. The quantitative estimate of drug-likeness (QED) is 0.428. The zero-order chi connectivity index (χ0) is 30.5. The number of anilines is 1. The van der Waals surface area contributed by atoms with E-state index in [0.717, 1.165) is 24.1 Å². The maximum Gasteiger partial charge on any atom is 0.416 e. The van der Waals surface area contributed by atoms with Crippen molar-refractivity contribution in [3.05, 3.63) is 94.5 Å². The van der Waals surface area contributed by atoms with E-state index in [1.807, 2.05) is 16.5 Å². The van der Waals surface area contributed by atoms with Gasteiger partial charge in [0.15, 0.2) is 0 Å². The van der Waals surface area contributed by atoms with Crippen LogP contribution in [-0.2, 0) is 16.2 Å². The van der Waals surface area contributed by atoms with Gasteiger partial charge in [0.05, 0.1) is 18.4 Å². The highest BCUT2D eigenvalue weighted by Crippen LogP contribution is 2.31. The number of hydrogen-bond donors (Lipinski definition) is 1. The fourth-order valence-corrected chi connectivity index (χ4v) is 4.82. The highest BCUT2D eigenvalue weighted by Gasteiger charge is 2.32. The summed E-state index contributed by atoms with van der Waals surface area (Å²) in [5, 5.41) is 0. The first kappa shape index (κ1) is 30.5. The average Bonchev–Trinajstić information content (AvgIpc) is 2.95. The molecule has 1 aliphatic heterocycles. The van der Waals surface area contributed by atoms with Crippen molar-refractivity contribution >= 4 is 27.5 Å². The Kier molecular flexibility index (Phi) is 9.11. The van der Waals surface area contributed by atoms with E-state index >= 15 is 0 Å². The minimum absolute atomic E-state index is 0.0635. The summed E-state index contributed by atoms with van der Waals surface area (Å²) in [6, 6.07) is 16.3. The van der Waals surface area contributed by atoms with Gasteiger partial charge >= 0.3 is 6.18 Å². The summed E-state index contributed by atoms with van der Waals surface area (Å²) >= 11 is 0. The number of amides is 2. The maximum absolute atomic E-state index is 13.7. The highest BCUT2D eigenvalue weighted by atomic mass is 32.2. The van der Waals surface area contributed by atoms with Crippen LogP contribution in [0.15, 0.2) is 66.7 Å². The van der Waals surface area contributed by atoms with E-state index in [1.54, 1.807) is 36.4 Å². The molecule has 3 aromatic carbocycles. The number of nitrogens with one attached hydrogen (secondary N) is 1. The van der Waals surface area contributed by atoms with E-state index in [1.165, 1.54) is 23.1 Å². The Morgan fingerprint density at radius 1 is 0.905 bits per heavy atom. The van der Waals surface area contributed by atoms with Crippen molar-refractivity contribution in [2.75, 3.05) is 43.9 Å². The molecule has 0 saturated carbocycles. The Hall–Kier alpha value is -4.50. The Morgan fingerprint density at radius 3 is 2.19 bits per heavy atom. The second-order valence-corrected chi connectivity index (χ2v) is 11.3. The fraction of sp³-hybridized carbons (Fsp3) is 0.267. The Bertz CT molecular complexity index is 1640. The SMILES string of the molecule is CCOc1cccc(C#Cc2cc(C(=O)N3CCN(c4ccc(C(=O)NS(C)(=O)=O)cc4)CC3)cc(C(F)(F)F)c2)c1. The molecule has 0 aliphatic carbocycles. The third-order valence-electron chi connectivity index (χ3n) is 6.34. The molecule has 0 radical (unpaired) electrons. The molecule has 4 rings (SSSR count). The lowest BCUT2D eigenvalue weighted by atomic mass is 10.0. The van der Waals surface area contributed by atoms with Crippen LogP contribution < -0.4 is 14.4 Å². The zero-order valence-electron chi connectivity index (χ0n) is 22.9. The molecule has 1 N–H and O–H groups in total. The zero-order valence-corrected chi connectivity index (χ0v) is 23.7. The number of piperazine rings is 1. The third-order valence-corrected chi connectivity index (χ3v) is 6.90. The first-order valence-corrected chi connectivity index (χ1v) is 14.8. The summed E-state index contributed by atoms with van der Waals surface area (Å²) in [4.78, 5) is 28.8. The largest absolute Gasteiger partial charge is 0.494 e. The standard InChI is InChI=1S/C30H28F3N3O5S/c1-3-41-27-6-4-5-21(19-27)7-8-22-17-24(20-25(18-22)30(31,32)33)29(38)36-15-13-35(14-16-36)26-11-9-23(10-12-26)28(37)34-42(2,39)40/h4-6,9-12,17-20H,3,13-16H2,1-2H3,(H,34,37). The van der Waals surface area contributed by atoms with Crippen molar-refractivity contribution in [1.82, 2.24) is 9.62 Å². The summed E-state index contributed by atoms with van der Waals surface area (Å²) < 4.78 is 71.0. The van der Waals surface area contributed by atoms with E-state index < -0.39 is 33.6 Å². The summed E-state index contributed by atoms with van der Waals surface area (Å²) in [5.41, 5.74) is 0.484. The van der Waals surface area contributed by atoms with Crippen molar-refractivity contribution in [1.29, 1.82) is 0 Å². The topological polar surface area (TPSA) is 96.0 Å². The van der Waals surface area contributed by atoms with E-state index in [2.05, 4.69) is 11.8 Å². The number of benzene rings is 3. The van der Waals surface area contributed by atoms with Crippen molar-refractivity contribution in [3.8, 4) is 17.6 Å². The third kappa shape index (κ3) is 8.04. The van der Waals surface area contributed by atoms with Crippen LogP contribution in [0.25, 0.3) is 0 Å². The molecular formula is C30H28F3N3O5S. The van der Waals surface area contributed by atoms with Gasteiger partial charge in [-0.1, -0.05) is 17.9 Å². The van der Waals surface area contributed by atoms with Gasteiger partial charge in [-0.3, -0.25) is 9.59 Å². The molecule has 1 saturated heterocycles. The van der Waals surface area contributed by atoms with Gasteiger partial charge < -0.3 is 14.5 Å². The molecule has 2 amide bonds. The molecule has 0 aromatic heterocycles. The second-order valence-electron chi connectivity index (χ2n) is 9.54. The molecule has 0 atom stereocenters. The number of rotatable bonds is 6. The average molecular weight is 600 g/mol. The number of hydrogen-bond acceptors (Lipinski definition) is 6. The highest BCUT2D eigenvalue weighted by molar-refractivity contribution is 7.89. The van der Waals surface area contributed by atoms with Crippen LogP contribution in [0.5, 0.6) is 5.75 Å². The molecule has 220 valence electrons. The first-order chi connectivity index (χ1) is 19.8. The van der Waals surface area contributed by atoms with Gasteiger partial charge in [-0.15, -0.1) is 0 Å². The normalized spacial score (nSPS) is 13.6. The summed E-state index contributed by atoms with van der Waals surface area (Å²) in [7, 11) is -3.69. The molecule has 8 nitrogen and oxygen atoms in total. The van der Waals surface area contributed by atoms with Crippen molar-refractivity contribution in [3.63, 3.8) is 0 Å². The van der Waals surface area contributed by atoms with Crippen LogP contribution in [0, 0.1) is 11.8 Å². The predicted octanol–water partition coefficient (Wildman–Crippen LogP) is 4.16. The summed E-state index contributed by atoms with van der Waals surface area (Å²) in [6.07, 6.45) is -3.78. The lowest BCUT2D eigenvalue weighted by molar-refractivity contribution is -0.137. The fourth-order valence-electron chi connectivity index (χ4n) is 4.36. The Balaban J connectivity index is 1.48. The van der Waals surface area contributed by atoms with E-state index in [9.17, 15) is 31.2 Å². The monoisotopic (exact) mass is 599 g/mol. The van der Waals surface area contributed by atoms with Gasteiger partial charge in [0.1, 0.15) is 5.75 Å². The van der Waals surface area contributed by atoms with Gasteiger partial charge in [-0.2, -0.15) is 13.2 Å². The van der Waals surface area contributed by atoms with Crippen LogP contribution in [0.3, 0.4) is 0 Å². The van der Waals surface area contributed by atoms with Crippen LogP contribution >= 0.6 is 0 Å². The number of alkyl halides is 3. The number of carbonyl (C=O) groups is 2. The molecule has 0 unspecified atom stereocenters. The molecule has 3 aromatic rings. The maximum atomic E-state index is 13.7. The number of ether oxygens (including phenoxy) is 1. The van der Waals surface area contributed by atoms with Gasteiger partial charge in [0.2, 0.25) is 10.0 Å². The number of halogens is 3. The lowest BCUT2D eigenvalue weighted by Gasteiger charge is -2.36. The molecule has 42 heavy (non-hydrogen) atoms. The molecular weight excluding hydrogens is 571 g/mol. The Morgan fingerprint density at radius 2 is 1.57 bits per heavy atom. The second kappa shape index (κ2) is 12.6. The molecule has 0 bridgehead atoms. The van der Waals surface area contributed by atoms with E-state index in [4.69, 9.17) is 4.74 Å². The minimum atomic E-state index is -4.66. The number of carbonyl (C=O) groups excluding carboxylic acids is 2. The number of sulfonamides is 1. The Labute approximate surface area is 242 Å². The van der Waals surface area contributed by atoms with E-state index in [-0.39, 0.29) is 29.8 Å². The summed E-state index contributed by atoms with van der Waals surface area (Å²) in [6.45, 7) is 3.63. The molecule has 1 fully saturated rings. The smallest absolute Gasteiger partial charge is 0.416 e.